The molecule has 8 aromatic carbocycles. The molecule has 0 amide bonds. The standard InChI is InChI=1S/C58H49NO/c1-56(2)36-57(3,4)52-35-50-47(34-51(52)56)46-32-39(25-27-49(46)58(50,5)6)44-21-13-15-23-53(44)59(42-26-28-55-48(33-42)45-22-14-16-24-54(45)60-55)43-30-40(37-17-9-7-10-18-37)29-41(31-43)38-19-11-8-12-20-38/h7-35H,36H2,1-6H3. The molecule has 1 heterocycles. The molecule has 0 bridgehead atoms. The van der Waals surface area contributed by atoms with Crippen LogP contribution in [0.25, 0.3) is 66.4 Å². The minimum absolute atomic E-state index is 0.0961. The Morgan fingerprint density at radius 2 is 0.983 bits per heavy atom. The van der Waals surface area contributed by atoms with Crippen LogP contribution in [0.4, 0.5) is 17.1 Å². The van der Waals surface area contributed by atoms with Gasteiger partial charge in [0.1, 0.15) is 11.2 Å². The minimum atomic E-state index is -0.0961. The number of hydrogen-bond acceptors (Lipinski definition) is 2. The average molecular weight is 776 g/mol. The lowest BCUT2D eigenvalue weighted by atomic mass is 9.79. The van der Waals surface area contributed by atoms with Gasteiger partial charge in [-0.05, 0) is 139 Å². The smallest absolute Gasteiger partial charge is 0.135 e. The summed E-state index contributed by atoms with van der Waals surface area (Å²) in [6.07, 6.45) is 1.16. The fraction of sp³-hybridized carbons (Fsp3) is 0.172. The van der Waals surface area contributed by atoms with Gasteiger partial charge in [-0.2, -0.15) is 0 Å². The first kappa shape index (κ1) is 36.4. The summed E-state index contributed by atoms with van der Waals surface area (Å²) in [5.74, 6) is 0. The summed E-state index contributed by atoms with van der Waals surface area (Å²) in [5, 5.41) is 2.21. The summed E-state index contributed by atoms with van der Waals surface area (Å²) in [5.41, 5.74) is 20.9. The van der Waals surface area contributed by atoms with Gasteiger partial charge in [-0.3, -0.25) is 0 Å². The lowest BCUT2D eigenvalue weighted by Gasteiger charge is -2.29. The molecule has 2 aliphatic rings. The molecule has 0 aliphatic heterocycles. The van der Waals surface area contributed by atoms with Crippen LogP contribution in [0.1, 0.15) is 70.2 Å². The highest BCUT2D eigenvalue weighted by Gasteiger charge is 2.45. The van der Waals surface area contributed by atoms with Crippen molar-refractivity contribution in [1.82, 2.24) is 0 Å². The van der Waals surface area contributed by atoms with E-state index in [1.54, 1.807) is 0 Å². The van der Waals surface area contributed by atoms with Crippen molar-refractivity contribution in [1.29, 1.82) is 0 Å². The molecule has 9 aromatic rings. The van der Waals surface area contributed by atoms with Crippen molar-refractivity contribution in [3.63, 3.8) is 0 Å². The maximum atomic E-state index is 6.37. The first-order chi connectivity index (χ1) is 29.0. The topological polar surface area (TPSA) is 16.4 Å². The van der Waals surface area contributed by atoms with Crippen molar-refractivity contribution >= 4 is 39.0 Å². The number of hydrogen-bond donors (Lipinski definition) is 0. The van der Waals surface area contributed by atoms with Crippen LogP contribution in [0.5, 0.6) is 0 Å². The van der Waals surface area contributed by atoms with Crippen LogP contribution in [0, 0.1) is 0 Å². The van der Waals surface area contributed by atoms with Crippen molar-refractivity contribution in [2.24, 2.45) is 0 Å². The molecule has 0 saturated heterocycles. The molecule has 0 saturated carbocycles. The Kier molecular flexibility index (Phi) is 8.01. The largest absolute Gasteiger partial charge is 0.456 e. The fourth-order valence-corrected chi connectivity index (χ4v) is 10.9. The van der Waals surface area contributed by atoms with Gasteiger partial charge in [-0.25, -0.2) is 0 Å². The van der Waals surface area contributed by atoms with Crippen molar-refractivity contribution < 1.29 is 4.42 Å². The van der Waals surface area contributed by atoms with Gasteiger partial charge in [0.15, 0.2) is 0 Å². The van der Waals surface area contributed by atoms with Gasteiger partial charge in [-0.15, -0.1) is 0 Å². The highest BCUT2D eigenvalue weighted by Crippen LogP contribution is 2.57. The number of furan rings is 1. The van der Waals surface area contributed by atoms with E-state index >= 15 is 0 Å². The Morgan fingerprint density at radius 1 is 0.383 bits per heavy atom. The van der Waals surface area contributed by atoms with Crippen molar-refractivity contribution in [3.05, 3.63) is 198 Å². The first-order valence-corrected chi connectivity index (χ1v) is 21.4. The Hall–Kier alpha value is -6.64. The molecule has 0 spiro atoms. The predicted octanol–water partition coefficient (Wildman–Crippen LogP) is 16.3. The summed E-state index contributed by atoms with van der Waals surface area (Å²) in [7, 11) is 0. The number of fused-ring (bicyclic) bond motifs is 7. The Bertz CT molecular complexity index is 3090. The Balaban J connectivity index is 1.14. The molecule has 0 radical (unpaired) electrons. The molecule has 0 atom stereocenters. The highest BCUT2D eigenvalue weighted by molar-refractivity contribution is 6.07. The first-order valence-electron chi connectivity index (χ1n) is 21.4. The summed E-state index contributed by atoms with van der Waals surface area (Å²) < 4.78 is 6.37. The summed E-state index contributed by atoms with van der Waals surface area (Å²) in [6, 6.07) is 64.8. The van der Waals surface area contributed by atoms with Crippen LogP contribution in [0.2, 0.25) is 0 Å². The number of para-hydroxylation sites is 2. The molecule has 1 aromatic heterocycles. The Morgan fingerprint density at radius 3 is 1.70 bits per heavy atom. The maximum Gasteiger partial charge on any atom is 0.135 e. The molecule has 292 valence electrons. The summed E-state index contributed by atoms with van der Waals surface area (Å²) in [4.78, 5) is 2.46. The Labute approximate surface area is 353 Å². The lowest BCUT2D eigenvalue weighted by molar-refractivity contribution is 0.403. The minimum Gasteiger partial charge on any atom is -0.456 e. The van der Waals surface area contributed by atoms with Gasteiger partial charge in [0.2, 0.25) is 0 Å². The molecule has 2 heteroatoms. The second-order valence-electron chi connectivity index (χ2n) is 18.9. The third-order valence-electron chi connectivity index (χ3n) is 13.6. The van der Waals surface area contributed by atoms with Gasteiger partial charge >= 0.3 is 0 Å². The zero-order valence-electron chi connectivity index (χ0n) is 35.3. The summed E-state index contributed by atoms with van der Waals surface area (Å²) >= 11 is 0. The van der Waals surface area contributed by atoms with Gasteiger partial charge < -0.3 is 9.32 Å². The van der Waals surface area contributed by atoms with Crippen molar-refractivity contribution in [3.8, 4) is 44.5 Å². The van der Waals surface area contributed by atoms with E-state index in [0.29, 0.717) is 0 Å². The van der Waals surface area contributed by atoms with E-state index in [2.05, 4.69) is 216 Å². The van der Waals surface area contributed by atoms with Crippen LogP contribution < -0.4 is 4.90 Å². The molecule has 2 aliphatic carbocycles. The molecule has 60 heavy (non-hydrogen) atoms. The maximum absolute atomic E-state index is 6.37. The quantitative estimate of drug-likeness (QED) is 0.167. The molecule has 0 fully saturated rings. The van der Waals surface area contributed by atoms with Crippen LogP contribution in [0.3, 0.4) is 0 Å². The normalized spacial score (nSPS) is 15.5. The molecular formula is C58H49NO. The number of rotatable bonds is 6. The van der Waals surface area contributed by atoms with Gasteiger partial charge in [0.05, 0.1) is 5.69 Å². The van der Waals surface area contributed by atoms with E-state index in [1.807, 2.05) is 6.07 Å². The SMILES string of the molecule is CC1(C)CC(C)(C)c2cc3c(cc21)-c1cc(-c2ccccc2N(c2cc(-c4ccccc4)cc(-c4ccccc4)c2)c2ccc4oc5ccccc5c4c2)ccc1C3(C)C. The lowest BCUT2D eigenvalue weighted by Crippen LogP contribution is -2.18. The monoisotopic (exact) mass is 775 g/mol. The van der Waals surface area contributed by atoms with Crippen molar-refractivity contribution in [2.75, 3.05) is 4.90 Å². The van der Waals surface area contributed by atoms with E-state index in [-0.39, 0.29) is 16.2 Å². The number of anilines is 3. The third kappa shape index (κ3) is 5.69. The van der Waals surface area contributed by atoms with E-state index in [9.17, 15) is 0 Å². The average Bonchev–Trinajstić information content (AvgIpc) is 3.81. The second kappa shape index (κ2) is 13.2. The fourth-order valence-electron chi connectivity index (χ4n) is 10.9. The molecular weight excluding hydrogens is 727 g/mol. The van der Waals surface area contributed by atoms with E-state index in [0.717, 1.165) is 45.4 Å². The third-order valence-corrected chi connectivity index (χ3v) is 13.6. The van der Waals surface area contributed by atoms with Crippen LogP contribution >= 0.6 is 0 Å². The zero-order chi connectivity index (χ0) is 41.0. The number of benzene rings is 8. The van der Waals surface area contributed by atoms with Gasteiger partial charge in [-0.1, -0.05) is 157 Å². The zero-order valence-corrected chi connectivity index (χ0v) is 35.3. The number of nitrogens with zero attached hydrogens (tertiary/aromatic N) is 1. The predicted molar refractivity (Wildman–Crippen MR) is 253 cm³/mol. The van der Waals surface area contributed by atoms with Crippen LogP contribution in [-0.2, 0) is 16.2 Å². The summed E-state index contributed by atoms with van der Waals surface area (Å²) in [6.45, 7) is 14.5. The van der Waals surface area contributed by atoms with E-state index in [1.165, 1.54) is 66.8 Å². The molecule has 0 N–H and O–H groups in total. The van der Waals surface area contributed by atoms with E-state index < -0.39 is 0 Å². The molecule has 11 rings (SSSR count). The molecule has 2 nitrogen and oxygen atoms in total. The van der Waals surface area contributed by atoms with Crippen LogP contribution in [-0.4, -0.2) is 0 Å². The van der Waals surface area contributed by atoms with Gasteiger partial charge in [0, 0.05) is 33.1 Å². The van der Waals surface area contributed by atoms with Gasteiger partial charge in [0.25, 0.3) is 0 Å². The van der Waals surface area contributed by atoms with E-state index in [4.69, 9.17) is 4.42 Å². The van der Waals surface area contributed by atoms with Crippen molar-refractivity contribution in [2.45, 2.75) is 64.2 Å². The van der Waals surface area contributed by atoms with Crippen LogP contribution in [0.15, 0.2) is 180 Å². The highest BCUT2D eigenvalue weighted by atomic mass is 16.3. The molecule has 0 unspecified atom stereocenters. The second-order valence-corrected chi connectivity index (χ2v) is 18.9.